The fourth-order valence-corrected chi connectivity index (χ4v) is 2.85. The van der Waals surface area contributed by atoms with Crippen molar-refractivity contribution in [3.63, 3.8) is 0 Å². The van der Waals surface area contributed by atoms with E-state index in [1.165, 1.54) is 6.42 Å². The fourth-order valence-electron chi connectivity index (χ4n) is 2.65. The van der Waals surface area contributed by atoms with Crippen molar-refractivity contribution in [3.8, 4) is 6.01 Å². The van der Waals surface area contributed by atoms with Crippen molar-refractivity contribution in [2.75, 3.05) is 25.1 Å². The Kier molecular flexibility index (Phi) is 4.82. The van der Waals surface area contributed by atoms with E-state index in [0.717, 1.165) is 31.1 Å². The van der Waals surface area contributed by atoms with E-state index in [0.29, 0.717) is 17.6 Å². The van der Waals surface area contributed by atoms with Crippen LogP contribution in [0.1, 0.15) is 26.2 Å². The Balaban J connectivity index is 2.24. The van der Waals surface area contributed by atoms with Crippen molar-refractivity contribution in [1.29, 1.82) is 0 Å². The summed E-state index contributed by atoms with van der Waals surface area (Å²) in [5.74, 6) is 1.48. The van der Waals surface area contributed by atoms with Crippen LogP contribution in [-0.2, 0) is 0 Å². The average molecular weight is 285 g/mol. The Labute approximate surface area is 119 Å². The van der Waals surface area contributed by atoms with E-state index in [1.54, 1.807) is 13.3 Å². The number of rotatable bonds is 4. The summed E-state index contributed by atoms with van der Waals surface area (Å²) in [7, 11) is 1.55. The zero-order valence-electron chi connectivity index (χ0n) is 11.5. The summed E-state index contributed by atoms with van der Waals surface area (Å²) in [6.45, 7) is 3.77. The maximum absolute atomic E-state index is 6.22. The van der Waals surface area contributed by atoms with E-state index >= 15 is 0 Å². The quantitative estimate of drug-likeness (QED) is 0.917. The molecular formula is C13H21ClN4O. The predicted octanol–water partition coefficient (Wildman–Crippen LogP) is 2.09. The number of halogens is 1. The van der Waals surface area contributed by atoms with Gasteiger partial charge >= 0.3 is 6.01 Å². The van der Waals surface area contributed by atoms with Crippen LogP contribution in [-0.4, -0.2) is 36.2 Å². The molecule has 106 valence electrons. The summed E-state index contributed by atoms with van der Waals surface area (Å²) in [6, 6.07) is 0.628. The number of anilines is 1. The SMILES string of the molecule is CCC1CCN(c2nc(OC)ncc2Cl)C(CN)C1. The molecule has 6 heteroatoms. The molecular weight excluding hydrogens is 264 g/mol. The maximum Gasteiger partial charge on any atom is 0.318 e. The molecule has 1 aliphatic heterocycles. The van der Waals surface area contributed by atoms with Gasteiger partial charge in [-0.1, -0.05) is 24.9 Å². The number of piperidine rings is 1. The first kappa shape index (κ1) is 14.3. The molecule has 2 atom stereocenters. The van der Waals surface area contributed by atoms with Crippen LogP contribution in [0.15, 0.2) is 6.20 Å². The lowest BCUT2D eigenvalue weighted by Crippen LogP contribution is -2.47. The largest absolute Gasteiger partial charge is 0.467 e. The maximum atomic E-state index is 6.22. The highest BCUT2D eigenvalue weighted by Crippen LogP contribution is 2.32. The van der Waals surface area contributed by atoms with Gasteiger partial charge in [0, 0.05) is 19.1 Å². The minimum Gasteiger partial charge on any atom is -0.467 e. The number of nitrogens with zero attached hydrogens (tertiary/aromatic N) is 3. The van der Waals surface area contributed by atoms with Crippen LogP contribution in [0.4, 0.5) is 5.82 Å². The smallest absolute Gasteiger partial charge is 0.318 e. The molecule has 2 N–H and O–H groups in total. The molecule has 0 aromatic carbocycles. The normalized spacial score (nSPS) is 23.5. The minimum absolute atomic E-state index is 0.288. The molecule has 1 aromatic rings. The summed E-state index contributed by atoms with van der Waals surface area (Å²) in [6.07, 6.45) is 5.03. The average Bonchev–Trinajstić information content (AvgIpc) is 2.47. The van der Waals surface area contributed by atoms with Crippen LogP contribution in [0, 0.1) is 5.92 Å². The minimum atomic E-state index is 0.288. The van der Waals surface area contributed by atoms with Gasteiger partial charge < -0.3 is 15.4 Å². The van der Waals surface area contributed by atoms with E-state index in [9.17, 15) is 0 Å². The van der Waals surface area contributed by atoms with Crippen LogP contribution >= 0.6 is 11.6 Å². The first-order valence-corrected chi connectivity index (χ1v) is 7.10. The lowest BCUT2D eigenvalue weighted by molar-refractivity contribution is 0.332. The summed E-state index contributed by atoms with van der Waals surface area (Å²) >= 11 is 6.22. The van der Waals surface area contributed by atoms with Crippen molar-refractivity contribution in [2.24, 2.45) is 11.7 Å². The monoisotopic (exact) mass is 284 g/mol. The summed E-state index contributed by atoms with van der Waals surface area (Å²) in [4.78, 5) is 10.6. The molecule has 0 amide bonds. The fraction of sp³-hybridized carbons (Fsp3) is 0.692. The van der Waals surface area contributed by atoms with Gasteiger partial charge in [-0.3, -0.25) is 0 Å². The Morgan fingerprint density at radius 2 is 2.37 bits per heavy atom. The highest BCUT2D eigenvalue weighted by molar-refractivity contribution is 6.32. The number of aromatic nitrogens is 2. The van der Waals surface area contributed by atoms with Gasteiger partial charge in [0.15, 0.2) is 5.82 Å². The van der Waals surface area contributed by atoms with Crippen LogP contribution in [0.25, 0.3) is 0 Å². The summed E-state index contributed by atoms with van der Waals surface area (Å²) in [5.41, 5.74) is 5.91. The second kappa shape index (κ2) is 6.39. The molecule has 1 fully saturated rings. The molecule has 1 aromatic heterocycles. The molecule has 0 saturated carbocycles. The van der Waals surface area contributed by atoms with Crippen molar-refractivity contribution < 1.29 is 4.74 Å². The lowest BCUT2D eigenvalue weighted by atomic mass is 9.89. The Hall–Kier alpha value is -1.07. The number of hydrogen-bond acceptors (Lipinski definition) is 5. The Morgan fingerprint density at radius 3 is 3.00 bits per heavy atom. The van der Waals surface area contributed by atoms with E-state index < -0.39 is 0 Å². The molecule has 0 spiro atoms. The summed E-state index contributed by atoms with van der Waals surface area (Å²) in [5, 5.41) is 0.550. The van der Waals surface area contributed by atoms with Crippen molar-refractivity contribution in [2.45, 2.75) is 32.2 Å². The first-order valence-electron chi connectivity index (χ1n) is 6.72. The van der Waals surface area contributed by atoms with E-state index in [4.69, 9.17) is 22.1 Å². The van der Waals surface area contributed by atoms with Crippen LogP contribution < -0.4 is 15.4 Å². The Morgan fingerprint density at radius 1 is 1.58 bits per heavy atom. The molecule has 5 nitrogen and oxygen atoms in total. The number of hydrogen-bond donors (Lipinski definition) is 1. The van der Waals surface area contributed by atoms with Gasteiger partial charge in [0.25, 0.3) is 0 Å². The lowest BCUT2D eigenvalue weighted by Gasteiger charge is -2.39. The van der Waals surface area contributed by atoms with Crippen LogP contribution in [0.3, 0.4) is 0 Å². The van der Waals surface area contributed by atoms with Crippen molar-refractivity contribution >= 4 is 17.4 Å². The second-order valence-electron chi connectivity index (χ2n) is 4.91. The van der Waals surface area contributed by atoms with E-state index in [2.05, 4.69) is 21.8 Å². The third-order valence-corrected chi connectivity index (χ3v) is 4.10. The van der Waals surface area contributed by atoms with Gasteiger partial charge in [-0.2, -0.15) is 4.98 Å². The second-order valence-corrected chi connectivity index (χ2v) is 5.32. The molecule has 0 aliphatic carbocycles. The molecule has 2 rings (SSSR count). The topological polar surface area (TPSA) is 64.3 Å². The van der Waals surface area contributed by atoms with E-state index in [-0.39, 0.29) is 6.04 Å². The first-order chi connectivity index (χ1) is 9.19. The van der Waals surface area contributed by atoms with Gasteiger partial charge in [0.05, 0.1) is 13.3 Å². The van der Waals surface area contributed by atoms with Gasteiger partial charge in [-0.05, 0) is 18.8 Å². The molecule has 2 unspecified atom stereocenters. The third kappa shape index (κ3) is 3.09. The molecule has 0 radical (unpaired) electrons. The number of methoxy groups -OCH3 is 1. The van der Waals surface area contributed by atoms with Crippen LogP contribution in [0.2, 0.25) is 5.02 Å². The van der Waals surface area contributed by atoms with Gasteiger partial charge in [0.1, 0.15) is 5.02 Å². The van der Waals surface area contributed by atoms with E-state index in [1.807, 2.05) is 0 Å². The zero-order chi connectivity index (χ0) is 13.8. The standard InChI is InChI=1S/C13H21ClN4O/c1-3-9-4-5-18(10(6-9)7-15)12-11(14)8-16-13(17-12)19-2/h8-10H,3-7,15H2,1-2H3. The molecule has 1 saturated heterocycles. The summed E-state index contributed by atoms with van der Waals surface area (Å²) < 4.78 is 5.07. The van der Waals surface area contributed by atoms with Crippen molar-refractivity contribution in [3.05, 3.63) is 11.2 Å². The van der Waals surface area contributed by atoms with Gasteiger partial charge in [0.2, 0.25) is 0 Å². The predicted molar refractivity (Wildman–Crippen MR) is 76.8 cm³/mol. The van der Waals surface area contributed by atoms with Crippen molar-refractivity contribution in [1.82, 2.24) is 9.97 Å². The van der Waals surface area contributed by atoms with Crippen LogP contribution in [0.5, 0.6) is 6.01 Å². The molecule has 0 bridgehead atoms. The highest BCUT2D eigenvalue weighted by atomic mass is 35.5. The highest BCUT2D eigenvalue weighted by Gasteiger charge is 2.29. The third-order valence-electron chi connectivity index (χ3n) is 3.83. The molecule has 1 aliphatic rings. The van der Waals surface area contributed by atoms with Gasteiger partial charge in [-0.15, -0.1) is 0 Å². The van der Waals surface area contributed by atoms with Gasteiger partial charge in [-0.25, -0.2) is 4.98 Å². The number of ether oxygens (including phenoxy) is 1. The molecule has 19 heavy (non-hydrogen) atoms. The zero-order valence-corrected chi connectivity index (χ0v) is 12.2. The Bertz CT molecular complexity index is 429. The molecule has 2 heterocycles. The number of nitrogens with two attached hydrogens (primary N) is 1.